The molecule has 23 heavy (non-hydrogen) atoms. The summed E-state index contributed by atoms with van der Waals surface area (Å²) in [4.78, 5) is 11.6. The Labute approximate surface area is 135 Å². The monoisotopic (exact) mass is 344 g/mol. The van der Waals surface area contributed by atoms with Crippen molar-refractivity contribution in [2.45, 2.75) is 6.54 Å². The Morgan fingerprint density at radius 1 is 1.30 bits per heavy atom. The lowest BCUT2D eigenvalue weighted by molar-refractivity contribution is -0.140. The van der Waals surface area contributed by atoms with E-state index in [4.69, 9.17) is 4.74 Å². The molecule has 0 atom stereocenters. The molecule has 8 nitrogen and oxygen atoms in total. The van der Waals surface area contributed by atoms with Crippen molar-refractivity contribution in [3.8, 4) is 5.75 Å². The molecule has 0 amide bonds. The number of methoxy groups -OCH3 is 1. The van der Waals surface area contributed by atoms with Gasteiger partial charge in [0.15, 0.2) is 0 Å². The van der Waals surface area contributed by atoms with Crippen LogP contribution in [0.25, 0.3) is 0 Å². The molecule has 0 unspecified atom stereocenters. The Kier molecular flexibility index (Phi) is 5.94. The normalized spacial score (nSPS) is 16.4. The molecule has 1 N–H and O–H groups in total. The van der Waals surface area contributed by atoms with Crippen LogP contribution in [0.5, 0.6) is 5.75 Å². The van der Waals surface area contributed by atoms with Crippen LogP contribution < -0.4 is 0 Å². The molecule has 0 radical (unpaired) electrons. The van der Waals surface area contributed by atoms with Crippen LogP contribution in [-0.4, -0.2) is 68.1 Å². The third kappa shape index (κ3) is 4.64. The van der Waals surface area contributed by atoms with Crippen molar-refractivity contribution < 1.29 is 27.8 Å². The molecule has 1 heterocycles. The highest BCUT2D eigenvalue weighted by Crippen LogP contribution is 2.17. The highest BCUT2D eigenvalue weighted by molar-refractivity contribution is 7.86. The van der Waals surface area contributed by atoms with Crippen LogP contribution in [0.3, 0.4) is 0 Å². The molecular weight excluding hydrogens is 324 g/mol. The minimum Gasteiger partial charge on any atom is -0.508 e. The average Bonchev–Trinajstić information content (AvgIpc) is 2.56. The van der Waals surface area contributed by atoms with Gasteiger partial charge in [0.2, 0.25) is 0 Å². The van der Waals surface area contributed by atoms with Gasteiger partial charge in [-0.15, -0.1) is 0 Å². The summed E-state index contributed by atoms with van der Waals surface area (Å²) in [5.74, 6) is -0.551. The summed E-state index contributed by atoms with van der Waals surface area (Å²) in [5, 5.41) is 9.31. The first-order valence-corrected chi connectivity index (χ1v) is 8.51. The van der Waals surface area contributed by atoms with Crippen molar-refractivity contribution in [3.63, 3.8) is 0 Å². The van der Waals surface area contributed by atoms with E-state index in [-0.39, 0.29) is 31.9 Å². The third-order valence-electron chi connectivity index (χ3n) is 3.45. The topological polar surface area (TPSA) is 96.4 Å². The lowest BCUT2D eigenvalue weighted by atomic mass is 10.2. The molecule has 1 fully saturated rings. The molecule has 1 aromatic rings. The lowest BCUT2D eigenvalue weighted by Crippen LogP contribution is -2.49. The molecule has 9 heteroatoms. The van der Waals surface area contributed by atoms with Gasteiger partial charge in [-0.1, -0.05) is 12.1 Å². The number of hydrogen-bond acceptors (Lipinski definition) is 6. The molecular formula is C14H20N2O6S. The molecule has 2 rings (SSSR count). The zero-order chi connectivity index (χ0) is 16.9. The first kappa shape index (κ1) is 17.7. The van der Waals surface area contributed by atoms with Gasteiger partial charge in [0.05, 0.1) is 20.3 Å². The van der Waals surface area contributed by atoms with E-state index in [1.54, 1.807) is 12.1 Å². The van der Waals surface area contributed by atoms with Gasteiger partial charge in [-0.3, -0.25) is 4.79 Å². The van der Waals surface area contributed by atoms with Crippen LogP contribution in [0.15, 0.2) is 24.3 Å². The maximum atomic E-state index is 12.7. The van der Waals surface area contributed by atoms with Crippen molar-refractivity contribution in [1.29, 1.82) is 0 Å². The molecule has 0 aliphatic carbocycles. The Bertz CT molecular complexity index is 625. The molecule has 0 aromatic heterocycles. The lowest BCUT2D eigenvalue weighted by Gasteiger charge is -2.31. The fraction of sp³-hybridized carbons (Fsp3) is 0.500. The zero-order valence-electron chi connectivity index (χ0n) is 12.8. The van der Waals surface area contributed by atoms with Gasteiger partial charge in [-0.25, -0.2) is 0 Å². The van der Waals surface area contributed by atoms with Crippen molar-refractivity contribution in [2.75, 3.05) is 40.0 Å². The summed E-state index contributed by atoms with van der Waals surface area (Å²) in [5.41, 5.74) is 0.656. The Hall–Kier alpha value is -1.68. The van der Waals surface area contributed by atoms with E-state index >= 15 is 0 Å². The number of nitrogens with zero attached hydrogens (tertiary/aromatic N) is 2. The number of esters is 1. The standard InChI is InChI=1S/C14H20N2O6S/c1-21-14(18)11-16(10-12-2-4-13(17)5-3-12)23(19,20)15-6-8-22-9-7-15/h2-5,17H,6-11H2,1H3. The first-order valence-electron chi connectivity index (χ1n) is 7.11. The number of benzene rings is 1. The number of aromatic hydroxyl groups is 1. The van der Waals surface area contributed by atoms with Gasteiger partial charge >= 0.3 is 5.97 Å². The number of phenols is 1. The maximum Gasteiger partial charge on any atom is 0.321 e. The van der Waals surface area contributed by atoms with Gasteiger partial charge in [0.1, 0.15) is 12.3 Å². The van der Waals surface area contributed by atoms with E-state index < -0.39 is 16.2 Å². The van der Waals surface area contributed by atoms with E-state index in [2.05, 4.69) is 4.74 Å². The second-order valence-corrected chi connectivity index (χ2v) is 6.96. The Balaban J connectivity index is 2.21. The average molecular weight is 344 g/mol. The number of carbonyl (C=O) groups is 1. The van der Waals surface area contributed by atoms with Crippen LogP contribution in [0.4, 0.5) is 0 Å². The summed E-state index contributed by atoms with van der Waals surface area (Å²) in [6.45, 7) is 0.770. The molecule has 1 aliphatic rings. The van der Waals surface area contributed by atoms with E-state index in [9.17, 15) is 18.3 Å². The highest BCUT2D eigenvalue weighted by atomic mass is 32.2. The summed E-state index contributed by atoms with van der Waals surface area (Å²) in [7, 11) is -2.60. The van der Waals surface area contributed by atoms with E-state index in [0.29, 0.717) is 18.8 Å². The predicted molar refractivity (Wildman–Crippen MR) is 81.8 cm³/mol. The predicted octanol–water partition coefficient (Wildman–Crippen LogP) is -0.0558. The maximum absolute atomic E-state index is 12.7. The van der Waals surface area contributed by atoms with Crippen LogP contribution in [0, 0.1) is 0 Å². The van der Waals surface area contributed by atoms with Gasteiger partial charge < -0.3 is 14.6 Å². The fourth-order valence-corrected chi connectivity index (χ4v) is 3.69. The van der Waals surface area contributed by atoms with Gasteiger partial charge in [-0.05, 0) is 17.7 Å². The SMILES string of the molecule is COC(=O)CN(Cc1ccc(O)cc1)S(=O)(=O)N1CCOCC1. The smallest absolute Gasteiger partial charge is 0.321 e. The van der Waals surface area contributed by atoms with Gasteiger partial charge in [0.25, 0.3) is 10.2 Å². The molecule has 0 saturated carbocycles. The van der Waals surface area contributed by atoms with Crippen molar-refractivity contribution in [1.82, 2.24) is 8.61 Å². The van der Waals surface area contributed by atoms with Crippen molar-refractivity contribution in [3.05, 3.63) is 29.8 Å². The zero-order valence-corrected chi connectivity index (χ0v) is 13.7. The van der Waals surface area contributed by atoms with Crippen LogP contribution in [0.2, 0.25) is 0 Å². The summed E-state index contributed by atoms with van der Waals surface area (Å²) < 4.78 is 37.6. The minimum atomic E-state index is -3.81. The Morgan fingerprint density at radius 3 is 2.48 bits per heavy atom. The second-order valence-electron chi connectivity index (χ2n) is 5.03. The molecule has 1 saturated heterocycles. The molecule has 0 bridgehead atoms. The molecule has 1 aromatic carbocycles. The minimum absolute atomic E-state index is 0.00900. The van der Waals surface area contributed by atoms with E-state index in [1.807, 2.05) is 0 Å². The second kappa shape index (κ2) is 7.73. The Morgan fingerprint density at radius 2 is 1.91 bits per heavy atom. The largest absolute Gasteiger partial charge is 0.508 e. The summed E-state index contributed by atoms with van der Waals surface area (Å²) in [6, 6.07) is 6.14. The van der Waals surface area contributed by atoms with Crippen molar-refractivity contribution in [2.24, 2.45) is 0 Å². The van der Waals surface area contributed by atoms with Gasteiger partial charge in [0, 0.05) is 19.6 Å². The number of ether oxygens (including phenoxy) is 2. The van der Waals surface area contributed by atoms with E-state index in [0.717, 1.165) is 4.31 Å². The summed E-state index contributed by atoms with van der Waals surface area (Å²) in [6.07, 6.45) is 0. The molecule has 128 valence electrons. The number of rotatable bonds is 6. The third-order valence-corrected chi connectivity index (χ3v) is 5.38. The molecule has 0 spiro atoms. The number of morpholine rings is 1. The quantitative estimate of drug-likeness (QED) is 0.727. The first-order chi connectivity index (χ1) is 10.9. The van der Waals surface area contributed by atoms with E-state index in [1.165, 1.54) is 23.5 Å². The van der Waals surface area contributed by atoms with Crippen LogP contribution >= 0.6 is 0 Å². The number of carbonyl (C=O) groups excluding carboxylic acids is 1. The highest BCUT2D eigenvalue weighted by Gasteiger charge is 2.32. The molecule has 1 aliphatic heterocycles. The van der Waals surface area contributed by atoms with Crippen molar-refractivity contribution >= 4 is 16.2 Å². The number of hydrogen-bond donors (Lipinski definition) is 1. The van der Waals surface area contributed by atoms with Crippen LogP contribution in [-0.2, 0) is 31.0 Å². The number of phenolic OH excluding ortho intramolecular Hbond substituents is 1. The van der Waals surface area contributed by atoms with Gasteiger partial charge in [-0.2, -0.15) is 17.0 Å². The summed E-state index contributed by atoms with van der Waals surface area (Å²) >= 11 is 0. The van der Waals surface area contributed by atoms with Crippen LogP contribution in [0.1, 0.15) is 5.56 Å². The fourth-order valence-electron chi connectivity index (χ4n) is 2.17.